The molecule has 2 aromatic heterocycles. The van der Waals surface area contributed by atoms with Crippen molar-refractivity contribution in [2.24, 2.45) is 5.73 Å². The largest absolute Gasteiger partial charge is 0.368 e. The fraction of sp³-hybridized carbons (Fsp3) is 0.280. The first kappa shape index (κ1) is 24.8. The number of carbonyl (C=O) groups excluding carboxylic acids is 1. The van der Waals surface area contributed by atoms with Gasteiger partial charge in [0.05, 0.1) is 5.02 Å². The predicted molar refractivity (Wildman–Crippen MR) is 144 cm³/mol. The average Bonchev–Trinajstić information content (AvgIpc) is 3.24. The number of halogens is 3. The lowest BCUT2D eigenvalue weighted by Gasteiger charge is -2.40. The summed E-state index contributed by atoms with van der Waals surface area (Å²) in [5.41, 5.74) is 7.69. The highest BCUT2D eigenvalue weighted by Gasteiger charge is 2.40. The molecule has 0 aliphatic carbocycles. The summed E-state index contributed by atoms with van der Waals surface area (Å²) in [6.45, 7) is 3.71. The molecule has 0 saturated carbocycles. The Kier molecular flexibility index (Phi) is 6.78. The van der Waals surface area contributed by atoms with Crippen LogP contribution in [0.3, 0.4) is 0 Å². The van der Waals surface area contributed by atoms with Gasteiger partial charge in [0, 0.05) is 29.4 Å². The van der Waals surface area contributed by atoms with E-state index >= 15 is 0 Å². The van der Waals surface area contributed by atoms with Crippen molar-refractivity contribution in [3.05, 3.63) is 63.9 Å². The van der Waals surface area contributed by atoms with E-state index in [9.17, 15) is 4.79 Å². The van der Waals surface area contributed by atoms with Crippen LogP contribution >= 0.6 is 34.8 Å². The molecular formula is C25H24Cl3N7O. The number of imidazole rings is 1. The fourth-order valence-electron chi connectivity index (χ4n) is 4.75. The highest BCUT2D eigenvalue weighted by Crippen LogP contribution is 2.37. The highest BCUT2D eigenvalue weighted by molar-refractivity contribution is 6.33. The lowest BCUT2D eigenvalue weighted by atomic mass is 9.86. The summed E-state index contributed by atoms with van der Waals surface area (Å²) in [6, 6.07) is 14.9. The molecule has 0 unspecified atom stereocenters. The Balaban J connectivity index is 1.67. The predicted octanol–water partition coefficient (Wildman–Crippen LogP) is 4.88. The lowest BCUT2D eigenvalue weighted by molar-refractivity contribution is -0.125. The minimum Gasteiger partial charge on any atom is -0.368 e. The lowest BCUT2D eigenvalue weighted by Crippen LogP contribution is -2.61. The molecule has 0 bridgehead atoms. The van der Waals surface area contributed by atoms with Gasteiger partial charge in [0.1, 0.15) is 11.4 Å². The first-order valence-electron chi connectivity index (χ1n) is 11.6. The topological polar surface area (TPSA) is 102 Å². The number of nitrogens with two attached hydrogens (primary N) is 1. The fourth-order valence-corrected chi connectivity index (χ4v) is 5.25. The Morgan fingerprint density at radius 1 is 1.03 bits per heavy atom. The van der Waals surface area contributed by atoms with Crippen molar-refractivity contribution in [3.63, 3.8) is 0 Å². The summed E-state index contributed by atoms with van der Waals surface area (Å²) in [4.78, 5) is 28.4. The van der Waals surface area contributed by atoms with E-state index in [0.29, 0.717) is 65.3 Å². The van der Waals surface area contributed by atoms with Crippen LogP contribution in [0, 0.1) is 0 Å². The van der Waals surface area contributed by atoms with Crippen LogP contribution in [-0.4, -0.2) is 50.6 Å². The van der Waals surface area contributed by atoms with E-state index in [1.165, 1.54) is 0 Å². The van der Waals surface area contributed by atoms with E-state index in [0.717, 1.165) is 11.3 Å². The second kappa shape index (κ2) is 9.86. The van der Waals surface area contributed by atoms with E-state index in [2.05, 4.69) is 20.2 Å². The van der Waals surface area contributed by atoms with Crippen LogP contribution < -0.4 is 16.0 Å². The molecule has 5 rings (SSSR count). The van der Waals surface area contributed by atoms with Gasteiger partial charge in [-0.2, -0.15) is 9.97 Å². The van der Waals surface area contributed by atoms with E-state index in [1.807, 2.05) is 47.9 Å². The number of nitrogens with zero attached hydrogens (tertiary/aromatic N) is 5. The number of amides is 1. The number of piperidine rings is 1. The van der Waals surface area contributed by atoms with Crippen molar-refractivity contribution < 1.29 is 4.79 Å². The molecule has 1 fully saturated rings. The number of benzene rings is 2. The molecule has 1 aliphatic heterocycles. The van der Waals surface area contributed by atoms with Crippen LogP contribution in [-0.2, 0) is 4.79 Å². The summed E-state index contributed by atoms with van der Waals surface area (Å²) in [5, 5.41) is 4.54. The molecule has 1 aliphatic rings. The Morgan fingerprint density at radius 2 is 1.72 bits per heavy atom. The van der Waals surface area contributed by atoms with Crippen LogP contribution in [0.15, 0.2) is 48.5 Å². The summed E-state index contributed by atoms with van der Waals surface area (Å²) in [6.07, 6.45) is 1.07. The molecule has 8 nitrogen and oxygen atoms in total. The quantitative estimate of drug-likeness (QED) is 0.336. The Morgan fingerprint density at radius 3 is 2.36 bits per heavy atom. The maximum atomic E-state index is 12.3. The number of carbonyl (C=O) groups is 1. The van der Waals surface area contributed by atoms with Gasteiger partial charge in [0.2, 0.25) is 11.2 Å². The van der Waals surface area contributed by atoms with Gasteiger partial charge in [0.25, 0.3) is 0 Å². The van der Waals surface area contributed by atoms with Gasteiger partial charge in [-0.15, -0.1) is 0 Å². The summed E-state index contributed by atoms with van der Waals surface area (Å²) in [5.74, 6) is 0.857. The van der Waals surface area contributed by atoms with Crippen LogP contribution in [0.2, 0.25) is 15.3 Å². The number of rotatable bonds is 6. The Bertz CT molecular complexity index is 1430. The molecule has 36 heavy (non-hydrogen) atoms. The molecule has 186 valence electrons. The van der Waals surface area contributed by atoms with Crippen molar-refractivity contribution in [3.8, 4) is 17.1 Å². The van der Waals surface area contributed by atoms with Crippen LogP contribution in [0.25, 0.3) is 28.2 Å². The van der Waals surface area contributed by atoms with Gasteiger partial charge < -0.3 is 16.0 Å². The summed E-state index contributed by atoms with van der Waals surface area (Å²) < 4.78 is 1.90. The molecule has 1 amide bonds. The Hall–Kier alpha value is -2.91. The molecule has 3 N–H and O–H groups in total. The third-order valence-electron chi connectivity index (χ3n) is 6.56. The first-order valence-corrected chi connectivity index (χ1v) is 12.7. The van der Waals surface area contributed by atoms with Crippen molar-refractivity contribution in [2.45, 2.75) is 25.3 Å². The number of hydrogen-bond donors (Lipinski definition) is 2. The smallest absolute Gasteiger partial charge is 0.237 e. The average molecular weight is 545 g/mol. The number of nitrogens with one attached hydrogen (secondary N) is 1. The Labute approximate surface area is 223 Å². The maximum absolute atomic E-state index is 12.3. The zero-order chi connectivity index (χ0) is 25.4. The molecule has 0 atom stereocenters. The minimum atomic E-state index is -0.743. The van der Waals surface area contributed by atoms with E-state index in [-0.39, 0.29) is 11.2 Å². The number of primary amides is 1. The second-order valence-electron chi connectivity index (χ2n) is 8.68. The third-order valence-corrected chi connectivity index (χ3v) is 7.31. The van der Waals surface area contributed by atoms with E-state index < -0.39 is 5.54 Å². The minimum absolute atomic E-state index is 0.0942. The molecule has 4 aromatic rings. The molecule has 0 radical (unpaired) electrons. The van der Waals surface area contributed by atoms with Gasteiger partial charge in [-0.1, -0.05) is 42.3 Å². The van der Waals surface area contributed by atoms with Crippen molar-refractivity contribution >= 4 is 57.7 Å². The normalized spacial score (nSPS) is 15.4. The standard InChI is InChI=1S/C25H24Cl3N7O/c1-2-30-25(23(29)36)11-13-34(14-12-25)21-19-22(33-24(28)32-21)35(16-9-7-15(26)8-10-16)20(31-19)17-5-3-4-6-18(17)27/h3-10,30H,2,11-14H2,1H3,(H2,29,36). The number of anilines is 1. The van der Waals surface area contributed by atoms with Gasteiger partial charge in [-0.05, 0) is 67.4 Å². The molecule has 11 heteroatoms. The molecular weight excluding hydrogens is 521 g/mol. The first-order chi connectivity index (χ1) is 17.3. The van der Waals surface area contributed by atoms with Crippen LogP contribution in [0.1, 0.15) is 19.8 Å². The second-order valence-corrected chi connectivity index (χ2v) is 9.86. The molecule has 1 saturated heterocycles. The monoisotopic (exact) mass is 543 g/mol. The number of likely N-dealkylation sites (N-methyl/N-ethyl adjacent to an activating group) is 1. The summed E-state index contributed by atoms with van der Waals surface area (Å²) in [7, 11) is 0. The zero-order valence-corrected chi connectivity index (χ0v) is 21.8. The van der Waals surface area contributed by atoms with Crippen LogP contribution in [0.5, 0.6) is 0 Å². The van der Waals surface area contributed by atoms with Gasteiger partial charge >= 0.3 is 0 Å². The zero-order valence-electron chi connectivity index (χ0n) is 19.5. The highest BCUT2D eigenvalue weighted by atomic mass is 35.5. The SMILES string of the molecule is CCNC1(C(N)=O)CCN(c2nc(Cl)nc3c2nc(-c2ccccc2Cl)n3-c2ccc(Cl)cc2)CC1. The van der Waals surface area contributed by atoms with Gasteiger partial charge in [0.15, 0.2) is 17.0 Å². The number of hydrogen-bond acceptors (Lipinski definition) is 6. The molecule has 0 spiro atoms. The summed E-state index contributed by atoms with van der Waals surface area (Å²) >= 11 is 19.2. The van der Waals surface area contributed by atoms with Gasteiger partial charge in [-0.3, -0.25) is 9.36 Å². The van der Waals surface area contributed by atoms with Crippen molar-refractivity contribution in [1.29, 1.82) is 0 Å². The number of aromatic nitrogens is 4. The third kappa shape index (κ3) is 4.39. The van der Waals surface area contributed by atoms with Crippen molar-refractivity contribution in [1.82, 2.24) is 24.8 Å². The van der Waals surface area contributed by atoms with E-state index in [4.69, 9.17) is 45.5 Å². The van der Waals surface area contributed by atoms with Crippen molar-refractivity contribution in [2.75, 3.05) is 24.5 Å². The van der Waals surface area contributed by atoms with Gasteiger partial charge in [-0.25, -0.2) is 4.98 Å². The van der Waals surface area contributed by atoms with E-state index in [1.54, 1.807) is 12.1 Å². The maximum Gasteiger partial charge on any atom is 0.237 e. The van der Waals surface area contributed by atoms with Crippen LogP contribution in [0.4, 0.5) is 5.82 Å². The molecule has 3 heterocycles. The number of fused-ring (bicyclic) bond motifs is 1. The molecule has 2 aromatic carbocycles.